The first-order valence-electron chi connectivity index (χ1n) is 11.2. The van der Waals surface area contributed by atoms with E-state index in [9.17, 15) is 19.8 Å². The van der Waals surface area contributed by atoms with Crippen LogP contribution in [0.3, 0.4) is 0 Å². The highest BCUT2D eigenvalue weighted by molar-refractivity contribution is 5.87. The molecule has 0 fully saturated rings. The Morgan fingerprint density at radius 1 is 0.694 bits per heavy atom. The number of rotatable bonds is 3. The van der Waals surface area contributed by atoms with Gasteiger partial charge in [-0.1, -0.05) is 18.2 Å². The normalized spacial score (nSPS) is 12.6. The van der Waals surface area contributed by atoms with Gasteiger partial charge in [0.25, 0.3) is 0 Å². The van der Waals surface area contributed by atoms with Crippen LogP contribution in [0.5, 0.6) is 23.0 Å². The van der Waals surface area contributed by atoms with Crippen molar-refractivity contribution in [2.75, 3.05) is 6.79 Å². The minimum Gasteiger partial charge on any atom is -0.507 e. The third-order valence-electron chi connectivity index (χ3n) is 6.45. The molecule has 3 aromatic carbocycles. The third kappa shape index (κ3) is 3.30. The second kappa shape index (κ2) is 7.91. The van der Waals surface area contributed by atoms with Crippen LogP contribution in [0.25, 0.3) is 21.9 Å². The van der Waals surface area contributed by atoms with Crippen molar-refractivity contribution in [2.45, 2.75) is 19.8 Å². The standard InChI is InChI=1S/C28H20O8/c1-13-3-6-16-19(9-13)35-27(31)23(25(16)29)22(15-5-8-18-21(11-15)34-12-33-18)24-26(30)17-7-4-14(2)10-20(17)36-28(24)32/h3-11,22,29-30H,12H2,1-2H3. The first kappa shape index (κ1) is 21.8. The van der Waals surface area contributed by atoms with Crippen LogP contribution in [0.15, 0.2) is 73.0 Å². The highest BCUT2D eigenvalue weighted by Crippen LogP contribution is 2.44. The molecule has 0 radical (unpaired) electrons. The zero-order chi connectivity index (χ0) is 25.1. The molecule has 8 nitrogen and oxygen atoms in total. The van der Waals surface area contributed by atoms with E-state index in [1.165, 1.54) is 0 Å². The molecule has 1 aliphatic rings. The molecule has 3 heterocycles. The number of benzene rings is 3. The van der Waals surface area contributed by atoms with E-state index in [2.05, 4.69) is 0 Å². The highest BCUT2D eigenvalue weighted by atomic mass is 16.7. The smallest absolute Gasteiger partial charge is 0.344 e. The predicted molar refractivity (Wildman–Crippen MR) is 131 cm³/mol. The fraction of sp³-hybridized carbons (Fsp3) is 0.143. The van der Waals surface area contributed by atoms with Crippen molar-refractivity contribution in [3.05, 3.63) is 103 Å². The van der Waals surface area contributed by atoms with Gasteiger partial charge in [-0.15, -0.1) is 0 Å². The summed E-state index contributed by atoms with van der Waals surface area (Å²) in [5, 5.41) is 23.2. The maximum Gasteiger partial charge on any atom is 0.344 e. The van der Waals surface area contributed by atoms with Gasteiger partial charge in [0.05, 0.1) is 27.8 Å². The van der Waals surface area contributed by atoms with Crippen molar-refractivity contribution in [3.63, 3.8) is 0 Å². The minimum atomic E-state index is -1.23. The number of aromatic hydroxyl groups is 2. The lowest BCUT2D eigenvalue weighted by atomic mass is 9.84. The summed E-state index contributed by atoms with van der Waals surface area (Å²) >= 11 is 0. The van der Waals surface area contributed by atoms with Gasteiger partial charge < -0.3 is 28.5 Å². The van der Waals surface area contributed by atoms with Crippen LogP contribution in [-0.4, -0.2) is 17.0 Å². The molecule has 2 N–H and O–H groups in total. The molecule has 0 amide bonds. The molecule has 8 heteroatoms. The number of ether oxygens (including phenoxy) is 2. The largest absolute Gasteiger partial charge is 0.507 e. The Balaban J connectivity index is 1.71. The molecule has 0 unspecified atom stereocenters. The topological polar surface area (TPSA) is 119 Å². The molecule has 0 spiro atoms. The lowest BCUT2D eigenvalue weighted by molar-refractivity contribution is 0.174. The van der Waals surface area contributed by atoms with Crippen LogP contribution in [0, 0.1) is 13.8 Å². The summed E-state index contributed by atoms with van der Waals surface area (Å²) in [7, 11) is 0. The van der Waals surface area contributed by atoms with Crippen molar-refractivity contribution in [1.29, 1.82) is 0 Å². The molecule has 2 aromatic heterocycles. The van der Waals surface area contributed by atoms with E-state index in [-0.39, 0.29) is 40.6 Å². The van der Waals surface area contributed by atoms with E-state index in [4.69, 9.17) is 18.3 Å². The van der Waals surface area contributed by atoms with Gasteiger partial charge in [-0.2, -0.15) is 0 Å². The molecule has 36 heavy (non-hydrogen) atoms. The van der Waals surface area contributed by atoms with Crippen LogP contribution in [-0.2, 0) is 0 Å². The Kier molecular flexibility index (Phi) is 4.79. The first-order valence-corrected chi connectivity index (χ1v) is 11.2. The van der Waals surface area contributed by atoms with Gasteiger partial charge in [0.2, 0.25) is 6.79 Å². The quantitative estimate of drug-likeness (QED) is 0.349. The second-order valence-electron chi connectivity index (χ2n) is 8.85. The SMILES string of the molecule is Cc1ccc2c(O)c(C(c3ccc4c(c3)OCO4)c3c(O)c4ccc(C)cc4oc3=O)c(=O)oc2c1. The molecular weight excluding hydrogens is 464 g/mol. The van der Waals surface area contributed by atoms with Crippen molar-refractivity contribution in [2.24, 2.45) is 0 Å². The average Bonchev–Trinajstić information content (AvgIpc) is 3.30. The van der Waals surface area contributed by atoms with Crippen molar-refractivity contribution >= 4 is 21.9 Å². The Morgan fingerprint density at radius 2 is 1.22 bits per heavy atom. The van der Waals surface area contributed by atoms with Crippen LogP contribution in [0.1, 0.15) is 33.7 Å². The van der Waals surface area contributed by atoms with Crippen LogP contribution >= 0.6 is 0 Å². The van der Waals surface area contributed by atoms with Crippen LogP contribution in [0.2, 0.25) is 0 Å². The van der Waals surface area contributed by atoms with Crippen LogP contribution in [0.4, 0.5) is 0 Å². The van der Waals surface area contributed by atoms with E-state index in [0.29, 0.717) is 27.8 Å². The summed E-state index contributed by atoms with van der Waals surface area (Å²) in [6, 6.07) is 15.0. The Bertz CT molecular complexity index is 1710. The van der Waals surface area contributed by atoms with E-state index in [1.54, 1.807) is 54.6 Å². The Hall–Kier alpha value is -4.72. The number of aryl methyl sites for hydroxylation is 2. The summed E-state index contributed by atoms with van der Waals surface area (Å²) in [5.74, 6) is -1.05. The number of hydrogen-bond donors (Lipinski definition) is 2. The zero-order valence-electron chi connectivity index (χ0n) is 19.3. The van der Waals surface area contributed by atoms with Gasteiger partial charge in [-0.25, -0.2) is 9.59 Å². The Morgan fingerprint density at radius 3 is 1.78 bits per heavy atom. The minimum absolute atomic E-state index is 0.0227. The van der Waals surface area contributed by atoms with Crippen LogP contribution < -0.4 is 20.7 Å². The molecular formula is C28H20O8. The van der Waals surface area contributed by atoms with Crippen molar-refractivity contribution in [1.82, 2.24) is 0 Å². The lowest BCUT2D eigenvalue weighted by Gasteiger charge is -2.20. The fourth-order valence-corrected chi connectivity index (χ4v) is 4.69. The molecule has 5 aromatic rings. The van der Waals surface area contributed by atoms with Crippen molar-refractivity contribution in [3.8, 4) is 23.0 Å². The molecule has 0 saturated carbocycles. The van der Waals surface area contributed by atoms with Gasteiger partial charge in [0.1, 0.15) is 22.7 Å². The van der Waals surface area contributed by atoms with Gasteiger partial charge in [-0.3, -0.25) is 0 Å². The number of fused-ring (bicyclic) bond motifs is 3. The van der Waals surface area contributed by atoms with E-state index in [1.807, 2.05) is 13.8 Å². The summed E-state index contributed by atoms with van der Waals surface area (Å²) in [6.45, 7) is 3.69. The van der Waals surface area contributed by atoms with Gasteiger partial charge in [0, 0.05) is 0 Å². The second-order valence-corrected chi connectivity index (χ2v) is 8.85. The summed E-state index contributed by atoms with van der Waals surface area (Å²) in [4.78, 5) is 26.6. The maximum absolute atomic E-state index is 13.3. The predicted octanol–water partition coefficient (Wildman–Crippen LogP) is 4.84. The highest BCUT2D eigenvalue weighted by Gasteiger charge is 2.33. The molecule has 180 valence electrons. The molecule has 0 bridgehead atoms. The lowest BCUT2D eigenvalue weighted by Crippen LogP contribution is -2.21. The van der Waals surface area contributed by atoms with Gasteiger partial charge in [-0.05, 0) is 66.9 Å². The summed E-state index contributed by atoms with van der Waals surface area (Å²) in [5.41, 5.74) is 0.362. The fourth-order valence-electron chi connectivity index (χ4n) is 4.69. The average molecular weight is 484 g/mol. The maximum atomic E-state index is 13.3. The van der Waals surface area contributed by atoms with E-state index >= 15 is 0 Å². The monoisotopic (exact) mass is 484 g/mol. The third-order valence-corrected chi connectivity index (χ3v) is 6.45. The van der Waals surface area contributed by atoms with Gasteiger partial charge in [0.15, 0.2) is 11.5 Å². The van der Waals surface area contributed by atoms with E-state index < -0.39 is 17.2 Å². The summed E-state index contributed by atoms with van der Waals surface area (Å²) < 4.78 is 22.0. The number of hydrogen-bond acceptors (Lipinski definition) is 8. The molecule has 0 aliphatic carbocycles. The Labute approximate surface area is 203 Å². The first-order chi connectivity index (χ1) is 17.3. The summed E-state index contributed by atoms with van der Waals surface area (Å²) in [6.07, 6.45) is 0. The molecule has 1 aliphatic heterocycles. The van der Waals surface area contributed by atoms with E-state index in [0.717, 1.165) is 11.1 Å². The molecule has 0 saturated heterocycles. The molecule has 6 rings (SSSR count). The van der Waals surface area contributed by atoms with Crippen molar-refractivity contribution < 1.29 is 28.5 Å². The zero-order valence-corrected chi connectivity index (χ0v) is 19.3. The van der Waals surface area contributed by atoms with Gasteiger partial charge >= 0.3 is 11.3 Å². The molecule has 0 atom stereocenters.